The van der Waals surface area contributed by atoms with E-state index >= 15 is 0 Å². The van der Waals surface area contributed by atoms with Crippen molar-refractivity contribution >= 4 is 5.69 Å². The summed E-state index contributed by atoms with van der Waals surface area (Å²) in [6.45, 7) is 15.0. The molecule has 2 aromatic carbocycles. The van der Waals surface area contributed by atoms with Gasteiger partial charge < -0.3 is 9.47 Å². The number of nitrogens with zero attached hydrogens (tertiary/aromatic N) is 1. The molecule has 0 aliphatic heterocycles. The molecular weight excluding hydrogens is 358 g/mol. The molecule has 0 saturated heterocycles. The van der Waals surface area contributed by atoms with Gasteiger partial charge in [-0.2, -0.15) is 0 Å². The van der Waals surface area contributed by atoms with Crippen molar-refractivity contribution in [3.8, 4) is 17.2 Å². The van der Waals surface area contributed by atoms with Gasteiger partial charge in [-0.25, -0.2) is 0 Å². The van der Waals surface area contributed by atoms with Gasteiger partial charge in [0.05, 0.1) is 27.2 Å². The summed E-state index contributed by atoms with van der Waals surface area (Å²) in [7, 11) is 4.48. The van der Waals surface area contributed by atoms with Crippen LogP contribution < -0.4 is 14.0 Å². The van der Waals surface area contributed by atoms with Crippen LogP contribution in [0.2, 0.25) is 0 Å². The molecule has 160 valence electrons. The molecule has 0 saturated carbocycles. The average molecular weight is 399 g/mol. The van der Waals surface area contributed by atoms with Crippen molar-refractivity contribution < 1.29 is 9.47 Å². The van der Waals surface area contributed by atoms with Crippen molar-refractivity contribution in [3.05, 3.63) is 47.5 Å². The Hall–Kier alpha value is -2.00. The molecule has 0 bridgehead atoms. The molecule has 2 aromatic rings. The summed E-state index contributed by atoms with van der Waals surface area (Å²) < 4.78 is 13.6. The molecule has 0 unspecified atom stereocenters. The number of quaternary nitrogens is 1. The topological polar surface area (TPSA) is 18.5 Å². The highest BCUT2D eigenvalue weighted by molar-refractivity contribution is 5.68. The lowest BCUT2D eigenvalue weighted by molar-refractivity contribution is 0.304. The quantitative estimate of drug-likeness (QED) is 0.407. The zero-order chi connectivity index (χ0) is 21.6. The smallest absolute Gasteiger partial charge is 0.224 e. The SMILES string of the molecule is CCOc1c([N+](C)(C)CC)cc(CC(C)C)c(CC(C)C)c1Oc1ccccc1. The number of benzene rings is 2. The summed E-state index contributed by atoms with van der Waals surface area (Å²) in [6, 6.07) is 12.5. The van der Waals surface area contributed by atoms with Crippen LogP contribution in [0.4, 0.5) is 5.69 Å². The Morgan fingerprint density at radius 3 is 2.00 bits per heavy atom. The molecule has 0 heterocycles. The molecule has 0 aliphatic carbocycles. The first-order valence-corrected chi connectivity index (χ1v) is 11.1. The van der Waals surface area contributed by atoms with E-state index in [1.165, 1.54) is 16.8 Å². The first-order valence-electron chi connectivity index (χ1n) is 11.1. The fourth-order valence-corrected chi connectivity index (χ4v) is 3.59. The molecule has 29 heavy (non-hydrogen) atoms. The number of para-hydroxylation sites is 1. The molecule has 3 heteroatoms. The van der Waals surface area contributed by atoms with Crippen LogP contribution in [0.1, 0.15) is 52.7 Å². The van der Waals surface area contributed by atoms with Gasteiger partial charge in [-0.1, -0.05) is 45.9 Å². The lowest BCUT2D eigenvalue weighted by atomic mass is 9.90. The first-order chi connectivity index (χ1) is 13.7. The Balaban J connectivity index is 2.81. The molecule has 0 spiro atoms. The summed E-state index contributed by atoms with van der Waals surface area (Å²) in [5.41, 5.74) is 3.88. The Bertz CT molecular complexity index is 779. The zero-order valence-corrected chi connectivity index (χ0v) is 19.7. The summed E-state index contributed by atoms with van der Waals surface area (Å²) in [4.78, 5) is 0. The molecule has 2 rings (SSSR count). The third-order valence-corrected chi connectivity index (χ3v) is 5.35. The van der Waals surface area contributed by atoms with E-state index in [-0.39, 0.29) is 0 Å². The predicted octanol–water partition coefficient (Wildman–Crippen LogP) is 6.86. The van der Waals surface area contributed by atoms with E-state index < -0.39 is 0 Å². The van der Waals surface area contributed by atoms with Gasteiger partial charge in [-0.05, 0) is 56.2 Å². The van der Waals surface area contributed by atoms with Crippen molar-refractivity contribution in [2.75, 3.05) is 27.2 Å². The Morgan fingerprint density at radius 1 is 0.862 bits per heavy atom. The van der Waals surface area contributed by atoms with Gasteiger partial charge in [0.25, 0.3) is 0 Å². The normalized spacial score (nSPS) is 11.9. The largest absolute Gasteiger partial charge is 0.485 e. The van der Waals surface area contributed by atoms with Crippen LogP contribution in [0.3, 0.4) is 0 Å². The second-order valence-electron chi connectivity index (χ2n) is 9.24. The van der Waals surface area contributed by atoms with Gasteiger partial charge in [-0.3, -0.25) is 4.48 Å². The lowest BCUT2D eigenvalue weighted by Crippen LogP contribution is -2.40. The van der Waals surface area contributed by atoms with E-state index in [0.717, 1.165) is 41.1 Å². The highest BCUT2D eigenvalue weighted by Crippen LogP contribution is 2.47. The molecule has 0 N–H and O–H groups in total. The fraction of sp³-hybridized carbons (Fsp3) is 0.538. The number of rotatable bonds is 10. The van der Waals surface area contributed by atoms with E-state index in [2.05, 4.69) is 54.8 Å². The molecule has 0 aliphatic rings. The third kappa shape index (κ3) is 5.99. The second-order valence-corrected chi connectivity index (χ2v) is 9.24. The van der Waals surface area contributed by atoms with Crippen LogP contribution in [0.25, 0.3) is 0 Å². The van der Waals surface area contributed by atoms with E-state index in [1.54, 1.807) is 0 Å². The Labute approximate surface area is 178 Å². The zero-order valence-electron chi connectivity index (χ0n) is 19.7. The Kier molecular flexibility index (Phi) is 8.15. The number of hydrogen-bond acceptors (Lipinski definition) is 2. The molecule has 0 amide bonds. The minimum atomic E-state index is 0.535. The molecular formula is C26H40NO2+. The number of hydrogen-bond donors (Lipinski definition) is 0. The second kappa shape index (κ2) is 10.2. The maximum Gasteiger partial charge on any atom is 0.224 e. The van der Waals surface area contributed by atoms with Crippen molar-refractivity contribution in [3.63, 3.8) is 0 Å². The van der Waals surface area contributed by atoms with Gasteiger partial charge in [0.1, 0.15) is 5.75 Å². The highest BCUT2D eigenvalue weighted by Gasteiger charge is 2.30. The third-order valence-electron chi connectivity index (χ3n) is 5.35. The first kappa shape index (κ1) is 23.3. The maximum absolute atomic E-state index is 6.56. The van der Waals surface area contributed by atoms with Gasteiger partial charge in [-0.15, -0.1) is 0 Å². The molecule has 3 nitrogen and oxygen atoms in total. The summed E-state index contributed by atoms with van der Waals surface area (Å²) in [5.74, 6) is 3.76. The van der Waals surface area contributed by atoms with Crippen LogP contribution in [0, 0.1) is 11.8 Å². The van der Waals surface area contributed by atoms with Crippen LogP contribution in [0.15, 0.2) is 36.4 Å². The van der Waals surface area contributed by atoms with Crippen LogP contribution in [0.5, 0.6) is 17.2 Å². The van der Waals surface area contributed by atoms with E-state index in [0.29, 0.717) is 18.4 Å². The van der Waals surface area contributed by atoms with Gasteiger partial charge in [0.2, 0.25) is 5.75 Å². The molecule has 0 aromatic heterocycles. The fourth-order valence-electron chi connectivity index (χ4n) is 3.59. The van der Waals surface area contributed by atoms with E-state index in [9.17, 15) is 0 Å². The minimum absolute atomic E-state index is 0.535. The standard InChI is InChI=1S/C26H40NO2/c1-9-27(7,8)24-18-21(16-19(3)4)23(17-20(5)6)25(26(24)28-10-2)29-22-14-12-11-13-15-22/h11-15,18-20H,9-10,16-17H2,1-8H3/q+1. The van der Waals surface area contributed by atoms with Crippen molar-refractivity contribution in [2.45, 2.75) is 54.4 Å². The summed E-state index contributed by atoms with van der Waals surface area (Å²) >= 11 is 0. The minimum Gasteiger partial charge on any atom is -0.485 e. The summed E-state index contributed by atoms with van der Waals surface area (Å²) in [6.07, 6.45) is 2.01. The monoisotopic (exact) mass is 398 g/mol. The van der Waals surface area contributed by atoms with E-state index in [1.807, 2.05) is 37.3 Å². The van der Waals surface area contributed by atoms with Crippen molar-refractivity contribution in [1.82, 2.24) is 4.48 Å². The Morgan fingerprint density at radius 2 is 1.48 bits per heavy atom. The van der Waals surface area contributed by atoms with Gasteiger partial charge >= 0.3 is 0 Å². The van der Waals surface area contributed by atoms with Crippen molar-refractivity contribution in [1.29, 1.82) is 0 Å². The van der Waals surface area contributed by atoms with Gasteiger partial charge in [0, 0.05) is 11.6 Å². The molecule has 0 radical (unpaired) electrons. The van der Waals surface area contributed by atoms with Crippen LogP contribution >= 0.6 is 0 Å². The molecule has 0 atom stereocenters. The number of ether oxygens (including phenoxy) is 2. The molecule has 0 fully saturated rings. The van der Waals surface area contributed by atoms with Crippen LogP contribution in [-0.4, -0.2) is 27.2 Å². The average Bonchev–Trinajstić information content (AvgIpc) is 2.66. The summed E-state index contributed by atoms with van der Waals surface area (Å²) in [5, 5.41) is 0. The van der Waals surface area contributed by atoms with E-state index in [4.69, 9.17) is 9.47 Å². The van der Waals surface area contributed by atoms with Gasteiger partial charge in [0.15, 0.2) is 11.4 Å². The highest BCUT2D eigenvalue weighted by atomic mass is 16.5. The maximum atomic E-state index is 6.56. The predicted molar refractivity (Wildman–Crippen MR) is 125 cm³/mol. The lowest BCUT2D eigenvalue weighted by Gasteiger charge is -2.32. The van der Waals surface area contributed by atoms with Crippen molar-refractivity contribution in [2.24, 2.45) is 11.8 Å². The van der Waals surface area contributed by atoms with Crippen LogP contribution in [-0.2, 0) is 12.8 Å².